The summed E-state index contributed by atoms with van der Waals surface area (Å²) in [6, 6.07) is 13.0. The summed E-state index contributed by atoms with van der Waals surface area (Å²) in [6.07, 6.45) is 0. The van der Waals surface area contributed by atoms with Crippen LogP contribution in [0.3, 0.4) is 0 Å². The lowest BCUT2D eigenvalue weighted by Crippen LogP contribution is -2.11. The summed E-state index contributed by atoms with van der Waals surface area (Å²) in [4.78, 5) is 12.4. The Morgan fingerprint density at radius 2 is 1.60 bits per heavy atom. The number of ketones is 1. The van der Waals surface area contributed by atoms with E-state index in [9.17, 15) is 4.79 Å². The molecule has 0 aliphatic rings. The third kappa shape index (κ3) is 3.50. The van der Waals surface area contributed by atoms with Crippen LogP contribution in [-0.2, 0) is 5.41 Å². The largest absolute Gasteiger partial charge is 0.289 e. The second-order valence-electron chi connectivity index (χ2n) is 5.81. The molecular weight excluding hydrogens is 336 g/mol. The highest BCUT2D eigenvalue weighted by Crippen LogP contribution is 2.24. The Balaban J connectivity index is 2.34. The first-order valence-corrected chi connectivity index (χ1v) is 7.56. The van der Waals surface area contributed by atoms with Gasteiger partial charge in [-0.05, 0) is 29.2 Å². The molecular formula is C17H16BrClO. The lowest BCUT2D eigenvalue weighted by atomic mass is 9.86. The molecule has 0 spiro atoms. The van der Waals surface area contributed by atoms with Crippen molar-refractivity contribution in [3.8, 4) is 0 Å². The third-order valence-electron chi connectivity index (χ3n) is 3.14. The van der Waals surface area contributed by atoms with Crippen LogP contribution >= 0.6 is 27.5 Å². The number of rotatable bonds is 2. The normalized spacial score (nSPS) is 11.4. The molecule has 0 saturated carbocycles. The van der Waals surface area contributed by atoms with Crippen LogP contribution in [0.15, 0.2) is 46.9 Å². The minimum absolute atomic E-state index is 0.0198. The first kappa shape index (κ1) is 15.3. The first-order valence-electron chi connectivity index (χ1n) is 6.39. The highest BCUT2D eigenvalue weighted by molar-refractivity contribution is 9.10. The summed E-state index contributed by atoms with van der Waals surface area (Å²) >= 11 is 9.34. The molecule has 0 amide bonds. The van der Waals surface area contributed by atoms with Crippen LogP contribution in [0.25, 0.3) is 0 Å². The molecule has 0 atom stereocenters. The van der Waals surface area contributed by atoms with E-state index in [-0.39, 0.29) is 11.2 Å². The summed E-state index contributed by atoms with van der Waals surface area (Å²) in [5.74, 6) is -0.0198. The van der Waals surface area contributed by atoms with Gasteiger partial charge in [0.1, 0.15) is 0 Å². The van der Waals surface area contributed by atoms with Crippen LogP contribution in [0.4, 0.5) is 0 Å². The Morgan fingerprint density at radius 1 is 1.00 bits per heavy atom. The molecule has 0 saturated heterocycles. The van der Waals surface area contributed by atoms with Crippen molar-refractivity contribution in [2.75, 3.05) is 0 Å². The molecule has 2 aromatic rings. The van der Waals surface area contributed by atoms with Crippen LogP contribution in [0, 0.1) is 0 Å². The molecule has 0 bridgehead atoms. The van der Waals surface area contributed by atoms with Gasteiger partial charge in [-0.25, -0.2) is 0 Å². The summed E-state index contributed by atoms with van der Waals surface area (Å²) in [5.41, 5.74) is 2.56. The number of carbonyl (C=O) groups excluding carboxylic acids is 1. The zero-order valence-corrected chi connectivity index (χ0v) is 14.0. The maximum Gasteiger partial charge on any atom is 0.193 e. The second-order valence-corrected chi connectivity index (χ2v) is 7.17. The third-order valence-corrected chi connectivity index (χ3v) is 3.81. The molecule has 1 nitrogen and oxygen atoms in total. The zero-order valence-electron chi connectivity index (χ0n) is 11.7. The fraction of sp³-hybridized carbons (Fsp3) is 0.235. The standard InChI is InChI=1S/C17H16BrClO/c1-17(2,3)13-6-4-11(5-7-13)16(20)12-8-14(18)10-15(19)9-12/h4-10H,1-3H3. The van der Waals surface area contributed by atoms with E-state index >= 15 is 0 Å². The molecule has 0 aliphatic carbocycles. The summed E-state index contributed by atoms with van der Waals surface area (Å²) in [7, 11) is 0. The van der Waals surface area contributed by atoms with Gasteiger partial charge in [0, 0.05) is 20.6 Å². The Labute approximate surface area is 133 Å². The van der Waals surface area contributed by atoms with Gasteiger partial charge in [0.05, 0.1) is 0 Å². The van der Waals surface area contributed by atoms with Gasteiger partial charge in [-0.15, -0.1) is 0 Å². The number of halogens is 2. The lowest BCUT2D eigenvalue weighted by Gasteiger charge is -2.19. The summed E-state index contributed by atoms with van der Waals surface area (Å²) < 4.78 is 0.805. The molecule has 0 radical (unpaired) electrons. The number of benzene rings is 2. The summed E-state index contributed by atoms with van der Waals surface area (Å²) in [6.45, 7) is 6.45. The van der Waals surface area contributed by atoms with E-state index in [0.29, 0.717) is 16.1 Å². The second kappa shape index (κ2) is 5.71. The van der Waals surface area contributed by atoms with Crippen molar-refractivity contribution >= 4 is 33.3 Å². The number of carbonyl (C=O) groups is 1. The molecule has 2 rings (SSSR count). The van der Waals surface area contributed by atoms with Crippen LogP contribution in [-0.4, -0.2) is 5.78 Å². The van der Waals surface area contributed by atoms with E-state index in [2.05, 4.69) is 36.7 Å². The van der Waals surface area contributed by atoms with Crippen molar-refractivity contribution < 1.29 is 4.79 Å². The highest BCUT2D eigenvalue weighted by atomic mass is 79.9. The van der Waals surface area contributed by atoms with E-state index < -0.39 is 0 Å². The maximum atomic E-state index is 12.4. The smallest absolute Gasteiger partial charge is 0.193 e. The predicted octanol–water partition coefficient (Wildman–Crippen LogP) is 5.63. The van der Waals surface area contributed by atoms with Gasteiger partial charge in [0.25, 0.3) is 0 Å². The van der Waals surface area contributed by atoms with E-state index in [4.69, 9.17) is 11.6 Å². The van der Waals surface area contributed by atoms with Crippen LogP contribution in [0.5, 0.6) is 0 Å². The Morgan fingerprint density at radius 3 is 2.10 bits per heavy atom. The predicted molar refractivity (Wildman–Crippen MR) is 87.7 cm³/mol. The quantitative estimate of drug-likeness (QED) is 0.641. The van der Waals surface area contributed by atoms with Crippen molar-refractivity contribution in [3.63, 3.8) is 0 Å². The average molecular weight is 352 g/mol. The van der Waals surface area contributed by atoms with Gasteiger partial charge in [0.15, 0.2) is 5.78 Å². The lowest BCUT2D eigenvalue weighted by molar-refractivity contribution is 0.103. The molecule has 0 N–H and O–H groups in total. The van der Waals surface area contributed by atoms with Crippen LogP contribution < -0.4 is 0 Å². The zero-order chi connectivity index (χ0) is 14.9. The Hall–Kier alpha value is -1.12. The van der Waals surface area contributed by atoms with Gasteiger partial charge in [-0.1, -0.05) is 72.6 Å². The average Bonchev–Trinajstić information content (AvgIpc) is 2.36. The molecule has 0 unspecified atom stereocenters. The number of hydrogen-bond donors (Lipinski definition) is 0. The van der Waals surface area contributed by atoms with E-state index in [0.717, 1.165) is 4.47 Å². The van der Waals surface area contributed by atoms with E-state index in [1.807, 2.05) is 24.3 Å². The number of hydrogen-bond acceptors (Lipinski definition) is 1. The van der Waals surface area contributed by atoms with Crippen molar-refractivity contribution in [2.45, 2.75) is 26.2 Å². The molecule has 0 aromatic heterocycles. The molecule has 2 aromatic carbocycles. The van der Waals surface area contributed by atoms with Gasteiger partial charge in [0.2, 0.25) is 0 Å². The van der Waals surface area contributed by atoms with Crippen molar-refractivity contribution in [1.29, 1.82) is 0 Å². The Bertz CT molecular complexity index is 619. The summed E-state index contributed by atoms with van der Waals surface area (Å²) in [5, 5.41) is 0.550. The SMILES string of the molecule is CC(C)(C)c1ccc(C(=O)c2cc(Cl)cc(Br)c2)cc1. The first-order chi connectivity index (χ1) is 9.27. The van der Waals surface area contributed by atoms with Gasteiger partial charge < -0.3 is 0 Å². The topological polar surface area (TPSA) is 17.1 Å². The van der Waals surface area contributed by atoms with Gasteiger partial charge in [-0.3, -0.25) is 4.79 Å². The van der Waals surface area contributed by atoms with Gasteiger partial charge in [-0.2, -0.15) is 0 Å². The molecule has 0 aliphatic heterocycles. The molecule has 20 heavy (non-hydrogen) atoms. The van der Waals surface area contributed by atoms with Crippen LogP contribution in [0.1, 0.15) is 42.3 Å². The fourth-order valence-corrected chi connectivity index (χ4v) is 2.83. The van der Waals surface area contributed by atoms with E-state index in [1.54, 1.807) is 18.2 Å². The molecule has 3 heteroatoms. The van der Waals surface area contributed by atoms with Crippen molar-refractivity contribution in [2.24, 2.45) is 0 Å². The minimum Gasteiger partial charge on any atom is -0.289 e. The molecule has 0 heterocycles. The van der Waals surface area contributed by atoms with E-state index in [1.165, 1.54) is 5.56 Å². The Kier molecular flexibility index (Phi) is 4.36. The monoisotopic (exact) mass is 350 g/mol. The van der Waals surface area contributed by atoms with Crippen molar-refractivity contribution in [1.82, 2.24) is 0 Å². The molecule has 104 valence electrons. The van der Waals surface area contributed by atoms with Gasteiger partial charge >= 0.3 is 0 Å². The fourth-order valence-electron chi connectivity index (χ4n) is 1.97. The molecule has 0 fully saturated rings. The van der Waals surface area contributed by atoms with Crippen molar-refractivity contribution in [3.05, 3.63) is 68.7 Å². The highest BCUT2D eigenvalue weighted by Gasteiger charge is 2.15. The minimum atomic E-state index is -0.0198. The maximum absolute atomic E-state index is 12.4. The van der Waals surface area contributed by atoms with Crippen LogP contribution in [0.2, 0.25) is 5.02 Å².